The first kappa shape index (κ1) is 12.1. The zero-order valence-corrected chi connectivity index (χ0v) is 10.8. The van der Waals surface area contributed by atoms with E-state index in [2.05, 4.69) is 0 Å². The van der Waals surface area contributed by atoms with Crippen molar-refractivity contribution in [1.29, 1.82) is 0 Å². The summed E-state index contributed by atoms with van der Waals surface area (Å²) in [5, 5.41) is 0.331. The number of fused-ring (bicyclic) bond motifs is 1. The highest BCUT2D eigenvalue weighted by atomic mass is 35.5. The van der Waals surface area contributed by atoms with Crippen molar-refractivity contribution in [3.63, 3.8) is 0 Å². The van der Waals surface area contributed by atoms with E-state index in [1.807, 2.05) is 6.92 Å². The number of hydrogen-bond acceptors (Lipinski definition) is 4. The topological polar surface area (TPSA) is 43.4 Å². The highest BCUT2D eigenvalue weighted by Crippen LogP contribution is 2.34. The number of aryl methyl sites for hydroxylation is 1. The summed E-state index contributed by atoms with van der Waals surface area (Å²) in [6.07, 6.45) is 0. The molecule has 1 aromatic heterocycles. The summed E-state index contributed by atoms with van der Waals surface area (Å²) in [6.45, 7) is 3.18. The molecule has 0 spiro atoms. The van der Waals surface area contributed by atoms with Gasteiger partial charge in [-0.1, -0.05) is 0 Å². The molecule has 0 saturated heterocycles. The minimum atomic E-state index is -0.464. The van der Waals surface area contributed by atoms with Gasteiger partial charge in [-0.2, -0.15) is 0 Å². The molecule has 0 radical (unpaired) electrons. The number of hydrogen-bond donors (Lipinski definition) is 0. The van der Waals surface area contributed by atoms with E-state index in [4.69, 9.17) is 16.3 Å². The Labute approximate surface area is 107 Å². The Hall–Kier alpha value is -1.39. The van der Waals surface area contributed by atoms with E-state index in [1.165, 1.54) is 18.3 Å². The smallest absolute Gasteiger partial charge is 0.308 e. The summed E-state index contributed by atoms with van der Waals surface area (Å²) >= 11 is 6.99. The second-order valence-electron chi connectivity index (χ2n) is 3.56. The van der Waals surface area contributed by atoms with Gasteiger partial charge >= 0.3 is 5.97 Å². The van der Waals surface area contributed by atoms with Crippen molar-refractivity contribution < 1.29 is 14.3 Å². The Balaban J connectivity index is 2.57. The number of carbonyl (C=O) groups excluding carboxylic acids is 2. The van der Waals surface area contributed by atoms with Crippen LogP contribution in [-0.4, -0.2) is 11.2 Å². The zero-order valence-electron chi connectivity index (χ0n) is 9.24. The molecule has 0 saturated carbocycles. The number of rotatable bonds is 2. The van der Waals surface area contributed by atoms with Crippen molar-refractivity contribution >= 4 is 44.2 Å². The summed E-state index contributed by atoms with van der Waals surface area (Å²) in [5.74, 6) is 0.103. The molecule has 0 unspecified atom stereocenters. The van der Waals surface area contributed by atoms with E-state index in [1.54, 1.807) is 18.2 Å². The van der Waals surface area contributed by atoms with Crippen LogP contribution in [0.4, 0.5) is 0 Å². The molecule has 0 amide bonds. The van der Waals surface area contributed by atoms with Gasteiger partial charge in [0.25, 0.3) is 5.24 Å². The van der Waals surface area contributed by atoms with Crippen LogP contribution in [0, 0.1) is 6.92 Å². The monoisotopic (exact) mass is 268 g/mol. The third-order valence-electron chi connectivity index (χ3n) is 2.30. The number of carbonyl (C=O) groups is 2. The second kappa shape index (κ2) is 4.47. The van der Waals surface area contributed by atoms with Gasteiger partial charge < -0.3 is 4.74 Å². The lowest BCUT2D eigenvalue weighted by Gasteiger charge is -2.00. The molecule has 0 fully saturated rings. The number of thiophene rings is 1. The fraction of sp³-hybridized carbons (Fsp3) is 0.167. The molecule has 2 rings (SSSR count). The average molecular weight is 269 g/mol. The maximum Gasteiger partial charge on any atom is 0.308 e. The minimum Gasteiger partial charge on any atom is -0.427 e. The molecule has 0 bridgehead atoms. The van der Waals surface area contributed by atoms with Crippen LogP contribution < -0.4 is 4.74 Å². The number of halogens is 1. The Morgan fingerprint density at radius 1 is 1.35 bits per heavy atom. The SMILES string of the molecule is CC(=O)Oc1ccc2c(C(=O)Cl)c(C)sc2c1. The lowest BCUT2D eigenvalue weighted by molar-refractivity contribution is -0.131. The Bertz CT molecular complexity index is 615. The van der Waals surface area contributed by atoms with Crippen molar-refractivity contribution in [1.82, 2.24) is 0 Å². The molecule has 17 heavy (non-hydrogen) atoms. The minimum absolute atomic E-state index is 0.369. The van der Waals surface area contributed by atoms with Crippen LogP contribution in [0.3, 0.4) is 0 Å². The van der Waals surface area contributed by atoms with Gasteiger partial charge in [0.1, 0.15) is 5.75 Å². The molecule has 0 aliphatic heterocycles. The first-order valence-electron chi connectivity index (χ1n) is 4.90. The van der Waals surface area contributed by atoms with Crippen LogP contribution in [0.15, 0.2) is 18.2 Å². The first-order valence-corrected chi connectivity index (χ1v) is 6.10. The van der Waals surface area contributed by atoms with Crippen LogP contribution >= 0.6 is 22.9 Å². The van der Waals surface area contributed by atoms with Crippen LogP contribution in [0.1, 0.15) is 22.2 Å². The molecular formula is C12H9ClO3S. The Morgan fingerprint density at radius 2 is 2.06 bits per heavy atom. The number of benzene rings is 1. The summed E-state index contributed by atoms with van der Waals surface area (Å²) in [4.78, 5) is 23.0. The molecule has 5 heteroatoms. The van der Waals surface area contributed by atoms with Crippen molar-refractivity contribution in [3.8, 4) is 5.75 Å². The average Bonchev–Trinajstić information content (AvgIpc) is 2.51. The van der Waals surface area contributed by atoms with E-state index in [0.29, 0.717) is 11.3 Å². The van der Waals surface area contributed by atoms with E-state index in [0.717, 1.165) is 15.0 Å². The number of esters is 1. The highest BCUT2D eigenvalue weighted by molar-refractivity contribution is 7.19. The fourth-order valence-electron chi connectivity index (χ4n) is 1.67. The van der Waals surface area contributed by atoms with Gasteiger partial charge in [-0.25, -0.2) is 0 Å². The normalized spacial score (nSPS) is 10.5. The maximum absolute atomic E-state index is 11.3. The van der Waals surface area contributed by atoms with E-state index < -0.39 is 5.24 Å². The summed E-state index contributed by atoms with van der Waals surface area (Å²) < 4.78 is 5.86. The van der Waals surface area contributed by atoms with Gasteiger partial charge in [0, 0.05) is 21.9 Å². The third kappa shape index (κ3) is 2.33. The van der Waals surface area contributed by atoms with Crippen LogP contribution in [-0.2, 0) is 4.79 Å². The standard InChI is InChI=1S/C12H9ClO3S/c1-6-11(12(13)15)9-4-3-8(16-7(2)14)5-10(9)17-6/h3-5H,1-2H3. The van der Waals surface area contributed by atoms with Crippen molar-refractivity contribution in [3.05, 3.63) is 28.6 Å². The summed E-state index contributed by atoms with van der Waals surface area (Å²) in [7, 11) is 0. The quantitative estimate of drug-likeness (QED) is 0.475. The highest BCUT2D eigenvalue weighted by Gasteiger charge is 2.15. The molecule has 1 aromatic carbocycles. The predicted octanol–water partition coefficient (Wildman–Crippen LogP) is 3.51. The number of ether oxygens (including phenoxy) is 1. The van der Waals surface area contributed by atoms with Gasteiger partial charge in [0.15, 0.2) is 0 Å². The van der Waals surface area contributed by atoms with Crippen molar-refractivity contribution in [2.45, 2.75) is 13.8 Å². The molecule has 1 heterocycles. The van der Waals surface area contributed by atoms with Crippen LogP contribution in [0.5, 0.6) is 5.75 Å². The van der Waals surface area contributed by atoms with Gasteiger partial charge in [-0.3, -0.25) is 9.59 Å². The second-order valence-corrected chi connectivity index (χ2v) is 5.16. The zero-order chi connectivity index (χ0) is 12.6. The largest absolute Gasteiger partial charge is 0.427 e. The maximum atomic E-state index is 11.3. The molecule has 0 N–H and O–H groups in total. The lowest BCUT2D eigenvalue weighted by Crippen LogP contribution is -2.00. The molecule has 88 valence electrons. The third-order valence-corrected chi connectivity index (χ3v) is 3.55. The Kier molecular flexibility index (Phi) is 3.17. The fourth-order valence-corrected chi connectivity index (χ4v) is 3.06. The van der Waals surface area contributed by atoms with Crippen LogP contribution in [0.25, 0.3) is 10.1 Å². The van der Waals surface area contributed by atoms with Gasteiger partial charge in [-0.05, 0) is 36.7 Å². The van der Waals surface area contributed by atoms with Crippen LogP contribution in [0.2, 0.25) is 0 Å². The molecule has 0 aliphatic carbocycles. The molecular weight excluding hydrogens is 260 g/mol. The Morgan fingerprint density at radius 3 is 2.65 bits per heavy atom. The van der Waals surface area contributed by atoms with Crippen molar-refractivity contribution in [2.24, 2.45) is 0 Å². The van der Waals surface area contributed by atoms with E-state index in [-0.39, 0.29) is 5.97 Å². The van der Waals surface area contributed by atoms with Gasteiger partial charge in [-0.15, -0.1) is 11.3 Å². The first-order chi connectivity index (χ1) is 7.99. The van der Waals surface area contributed by atoms with E-state index >= 15 is 0 Å². The van der Waals surface area contributed by atoms with Gasteiger partial charge in [0.2, 0.25) is 0 Å². The van der Waals surface area contributed by atoms with Gasteiger partial charge in [0.05, 0.1) is 5.56 Å². The predicted molar refractivity (Wildman–Crippen MR) is 68.1 cm³/mol. The molecule has 0 atom stereocenters. The summed E-state index contributed by atoms with van der Waals surface area (Å²) in [6, 6.07) is 5.13. The molecule has 3 nitrogen and oxygen atoms in total. The van der Waals surface area contributed by atoms with E-state index in [9.17, 15) is 9.59 Å². The van der Waals surface area contributed by atoms with Crippen molar-refractivity contribution in [2.75, 3.05) is 0 Å². The lowest BCUT2D eigenvalue weighted by atomic mass is 10.1. The molecule has 2 aromatic rings. The molecule has 0 aliphatic rings. The summed E-state index contributed by atoms with van der Waals surface area (Å²) in [5.41, 5.74) is 0.529.